The molecule has 0 saturated carbocycles. The molecular formula is C14H14BrN3O. The number of anilines is 1. The second kappa shape index (κ2) is 5.84. The van der Waals surface area contributed by atoms with Crippen molar-refractivity contribution in [1.29, 1.82) is 0 Å². The number of aromatic nitrogens is 1. The summed E-state index contributed by atoms with van der Waals surface area (Å²) in [6.45, 7) is 1.91. The number of halogens is 1. The Balaban J connectivity index is 2.13. The number of rotatable bonds is 3. The highest BCUT2D eigenvalue weighted by Crippen LogP contribution is 2.19. The lowest BCUT2D eigenvalue weighted by molar-refractivity contribution is 0.0940. The van der Waals surface area contributed by atoms with Gasteiger partial charge in [0.25, 0.3) is 5.91 Å². The number of amides is 1. The van der Waals surface area contributed by atoms with Gasteiger partial charge in [-0.15, -0.1) is 0 Å². The van der Waals surface area contributed by atoms with Crippen LogP contribution in [0, 0.1) is 0 Å². The molecule has 0 aliphatic heterocycles. The largest absolute Gasteiger partial charge is 0.398 e. The third-order valence-electron chi connectivity index (χ3n) is 2.79. The summed E-state index contributed by atoms with van der Waals surface area (Å²) < 4.78 is 0.849. The Bertz CT molecular complexity index is 586. The number of nitrogens with two attached hydrogens (primary N) is 1. The fourth-order valence-corrected chi connectivity index (χ4v) is 2.11. The molecule has 0 saturated heterocycles. The first-order valence-electron chi connectivity index (χ1n) is 5.83. The monoisotopic (exact) mass is 319 g/mol. The van der Waals surface area contributed by atoms with Crippen LogP contribution < -0.4 is 11.1 Å². The number of nitrogens with one attached hydrogen (secondary N) is 1. The van der Waals surface area contributed by atoms with E-state index in [9.17, 15) is 4.79 Å². The predicted octanol–water partition coefficient (Wildman–Crippen LogP) is 2.92. The van der Waals surface area contributed by atoms with Gasteiger partial charge in [-0.05, 0) is 36.8 Å². The van der Waals surface area contributed by atoms with Crippen LogP contribution in [0.2, 0.25) is 0 Å². The molecule has 5 heteroatoms. The highest BCUT2D eigenvalue weighted by Gasteiger charge is 2.13. The molecule has 19 heavy (non-hydrogen) atoms. The Hall–Kier alpha value is -1.88. The van der Waals surface area contributed by atoms with Gasteiger partial charge in [0.1, 0.15) is 0 Å². The number of benzene rings is 1. The van der Waals surface area contributed by atoms with Gasteiger partial charge in [0, 0.05) is 22.6 Å². The fraction of sp³-hybridized carbons (Fsp3) is 0.143. The third kappa shape index (κ3) is 3.32. The van der Waals surface area contributed by atoms with Crippen LogP contribution in [0.5, 0.6) is 0 Å². The maximum atomic E-state index is 12.1. The van der Waals surface area contributed by atoms with E-state index in [-0.39, 0.29) is 11.9 Å². The van der Waals surface area contributed by atoms with Gasteiger partial charge < -0.3 is 11.1 Å². The average Bonchev–Trinajstić information content (AvgIpc) is 2.39. The number of pyridine rings is 1. The number of nitrogens with zero attached hydrogens (tertiary/aromatic N) is 1. The molecule has 1 aromatic heterocycles. The smallest absolute Gasteiger partial charge is 0.253 e. The first-order chi connectivity index (χ1) is 9.08. The second-order valence-corrected chi connectivity index (χ2v) is 5.13. The number of hydrogen-bond acceptors (Lipinski definition) is 3. The third-order valence-corrected chi connectivity index (χ3v) is 3.28. The van der Waals surface area contributed by atoms with E-state index in [0.29, 0.717) is 11.3 Å². The van der Waals surface area contributed by atoms with Gasteiger partial charge in [0.05, 0.1) is 11.6 Å². The summed E-state index contributed by atoms with van der Waals surface area (Å²) in [5.41, 5.74) is 7.70. The molecule has 1 heterocycles. The predicted molar refractivity (Wildman–Crippen MR) is 78.7 cm³/mol. The van der Waals surface area contributed by atoms with Crippen molar-refractivity contribution in [3.05, 3.63) is 58.3 Å². The Morgan fingerprint density at radius 2 is 2.21 bits per heavy atom. The van der Waals surface area contributed by atoms with Crippen molar-refractivity contribution in [3.8, 4) is 0 Å². The van der Waals surface area contributed by atoms with E-state index >= 15 is 0 Å². The first kappa shape index (κ1) is 13.5. The van der Waals surface area contributed by atoms with Gasteiger partial charge >= 0.3 is 0 Å². The Labute approximate surface area is 120 Å². The van der Waals surface area contributed by atoms with Crippen LogP contribution in [0.3, 0.4) is 0 Å². The highest BCUT2D eigenvalue weighted by atomic mass is 79.9. The molecule has 0 unspecified atom stereocenters. The zero-order valence-corrected chi connectivity index (χ0v) is 12.0. The summed E-state index contributed by atoms with van der Waals surface area (Å²) in [5.74, 6) is -0.193. The van der Waals surface area contributed by atoms with Crippen molar-refractivity contribution < 1.29 is 4.79 Å². The van der Waals surface area contributed by atoms with Gasteiger partial charge in [-0.1, -0.05) is 22.0 Å². The van der Waals surface area contributed by atoms with Crippen LogP contribution in [0.15, 0.2) is 47.2 Å². The van der Waals surface area contributed by atoms with E-state index < -0.39 is 0 Å². The quantitative estimate of drug-likeness (QED) is 0.855. The Kier molecular flexibility index (Phi) is 4.16. The second-order valence-electron chi connectivity index (χ2n) is 4.21. The molecule has 1 atom stereocenters. The van der Waals surface area contributed by atoms with Crippen molar-refractivity contribution in [2.24, 2.45) is 0 Å². The van der Waals surface area contributed by atoms with E-state index in [4.69, 9.17) is 5.73 Å². The summed E-state index contributed by atoms with van der Waals surface area (Å²) in [7, 11) is 0. The van der Waals surface area contributed by atoms with Crippen molar-refractivity contribution in [1.82, 2.24) is 10.3 Å². The molecule has 0 aliphatic rings. The van der Waals surface area contributed by atoms with Crippen LogP contribution in [-0.2, 0) is 0 Å². The molecule has 1 aromatic carbocycles. The molecule has 0 fully saturated rings. The topological polar surface area (TPSA) is 68.0 Å². The molecule has 0 bridgehead atoms. The summed E-state index contributed by atoms with van der Waals surface area (Å²) >= 11 is 3.31. The molecule has 4 nitrogen and oxygen atoms in total. The molecule has 0 radical (unpaired) electrons. The van der Waals surface area contributed by atoms with E-state index in [0.717, 1.165) is 10.0 Å². The van der Waals surface area contributed by atoms with Crippen LogP contribution in [0.4, 0.5) is 5.69 Å². The minimum Gasteiger partial charge on any atom is -0.398 e. The summed E-state index contributed by atoms with van der Waals surface area (Å²) in [4.78, 5) is 16.2. The minimum atomic E-state index is -0.193. The number of carbonyl (C=O) groups excluding carboxylic acids is 1. The Morgan fingerprint density at radius 1 is 1.42 bits per heavy atom. The average molecular weight is 320 g/mol. The van der Waals surface area contributed by atoms with Gasteiger partial charge in [0.15, 0.2) is 0 Å². The van der Waals surface area contributed by atoms with Crippen LogP contribution in [0.1, 0.15) is 28.9 Å². The molecule has 0 aliphatic carbocycles. The van der Waals surface area contributed by atoms with E-state index in [2.05, 4.69) is 26.2 Å². The molecule has 2 rings (SSSR count). The van der Waals surface area contributed by atoms with Crippen molar-refractivity contribution >= 4 is 27.5 Å². The van der Waals surface area contributed by atoms with Crippen molar-refractivity contribution in [2.45, 2.75) is 13.0 Å². The summed E-state index contributed by atoms with van der Waals surface area (Å²) in [6.07, 6.45) is 3.43. The summed E-state index contributed by atoms with van der Waals surface area (Å²) in [5, 5.41) is 2.90. The summed E-state index contributed by atoms with van der Waals surface area (Å²) in [6, 6.07) is 8.84. The molecular weight excluding hydrogens is 306 g/mol. The van der Waals surface area contributed by atoms with Crippen molar-refractivity contribution in [2.75, 3.05) is 5.73 Å². The zero-order valence-electron chi connectivity index (χ0n) is 10.4. The van der Waals surface area contributed by atoms with E-state index in [1.54, 1.807) is 30.6 Å². The molecule has 0 spiro atoms. The Morgan fingerprint density at radius 3 is 2.84 bits per heavy atom. The normalized spacial score (nSPS) is 11.9. The van der Waals surface area contributed by atoms with Gasteiger partial charge in [-0.25, -0.2) is 0 Å². The number of carbonyl (C=O) groups is 1. The molecule has 2 aromatic rings. The van der Waals surface area contributed by atoms with Crippen LogP contribution in [-0.4, -0.2) is 10.9 Å². The van der Waals surface area contributed by atoms with Gasteiger partial charge in [-0.3, -0.25) is 9.78 Å². The molecule has 3 N–H and O–H groups in total. The lowest BCUT2D eigenvalue weighted by atomic mass is 10.1. The number of nitrogen functional groups attached to an aromatic ring is 1. The minimum absolute atomic E-state index is 0.121. The van der Waals surface area contributed by atoms with Crippen LogP contribution >= 0.6 is 15.9 Å². The van der Waals surface area contributed by atoms with E-state index in [1.807, 2.05) is 19.1 Å². The zero-order chi connectivity index (χ0) is 13.8. The maximum absolute atomic E-state index is 12.1. The fourth-order valence-electron chi connectivity index (χ4n) is 1.73. The van der Waals surface area contributed by atoms with Gasteiger partial charge in [-0.2, -0.15) is 0 Å². The SMILES string of the molecule is C[C@H](NC(=O)c1ccc(Br)cc1N)c1cccnc1. The first-order valence-corrected chi connectivity index (χ1v) is 6.63. The highest BCUT2D eigenvalue weighted by molar-refractivity contribution is 9.10. The lowest BCUT2D eigenvalue weighted by Crippen LogP contribution is -2.27. The van der Waals surface area contributed by atoms with Gasteiger partial charge in [0.2, 0.25) is 0 Å². The number of hydrogen-bond donors (Lipinski definition) is 2. The van der Waals surface area contributed by atoms with E-state index in [1.165, 1.54) is 0 Å². The van der Waals surface area contributed by atoms with Crippen LogP contribution in [0.25, 0.3) is 0 Å². The van der Waals surface area contributed by atoms with Crippen molar-refractivity contribution in [3.63, 3.8) is 0 Å². The maximum Gasteiger partial charge on any atom is 0.253 e. The lowest BCUT2D eigenvalue weighted by Gasteiger charge is -2.14. The molecule has 1 amide bonds. The molecule has 98 valence electrons. The standard InChI is InChI=1S/C14H14BrN3O/c1-9(10-3-2-6-17-8-10)18-14(19)12-5-4-11(15)7-13(12)16/h2-9H,16H2,1H3,(H,18,19)/t9-/m0/s1.